The first-order chi connectivity index (χ1) is 8.20. The first-order valence-electron chi connectivity index (χ1n) is 5.75. The highest BCUT2D eigenvalue weighted by Gasteiger charge is 2.26. The molecule has 0 aromatic carbocycles. The van der Waals surface area contributed by atoms with E-state index in [2.05, 4.69) is 38.1 Å². The fourth-order valence-corrected chi connectivity index (χ4v) is 3.23. The van der Waals surface area contributed by atoms with Crippen molar-refractivity contribution in [2.75, 3.05) is 18.5 Å². The molecule has 0 spiro atoms. The highest BCUT2D eigenvalue weighted by molar-refractivity contribution is 9.10. The van der Waals surface area contributed by atoms with Gasteiger partial charge in [-0.3, -0.25) is 0 Å². The lowest BCUT2D eigenvalue weighted by Gasteiger charge is -2.14. The minimum absolute atomic E-state index is 0.296. The van der Waals surface area contributed by atoms with Crippen LogP contribution in [0.15, 0.2) is 15.7 Å². The molecule has 2 rings (SSSR count). The smallest absolute Gasteiger partial charge is 0.223 e. The number of nitrogens with one attached hydrogen (secondary N) is 1. The Morgan fingerprint density at radius 3 is 3.12 bits per heavy atom. The van der Waals surface area contributed by atoms with Crippen LogP contribution in [0.2, 0.25) is 0 Å². The zero-order valence-corrected chi connectivity index (χ0v) is 12.3. The van der Waals surface area contributed by atoms with Crippen molar-refractivity contribution in [2.24, 2.45) is 0 Å². The molecule has 0 saturated carbocycles. The molecule has 1 N–H and O–H groups in total. The summed E-state index contributed by atoms with van der Waals surface area (Å²) in [4.78, 5) is 8.71. The summed E-state index contributed by atoms with van der Waals surface area (Å²) < 4.78 is 6.51. The van der Waals surface area contributed by atoms with E-state index in [9.17, 15) is 0 Å². The quantitative estimate of drug-likeness (QED) is 0.865. The number of hydrogen-bond donors (Lipinski definition) is 1. The summed E-state index contributed by atoms with van der Waals surface area (Å²) in [5, 5.41) is 4.59. The van der Waals surface area contributed by atoms with Crippen LogP contribution in [-0.2, 0) is 4.74 Å². The third kappa shape index (κ3) is 3.33. The van der Waals surface area contributed by atoms with Crippen molar-refractivity contribution >= 4 is 33.6 Å². The summed E-state index contributed by atoms with van der Waals surface area (Å²) in [5.41, 5.74) is 0. The molecule has 4 nitrogen and oxygen atoms in total. The minimum Gasteiger partial charge on any atom is -0.377 e. The van der Waals surface area contributed by atoms with Gasteiger partial charge in [0, 0.05) is 24.6 Å². The van der Waals surface area contributed by atoms with Crippen molar-refractivity contribution < 1.29 is 4.74 Å². The van der Waals surface area contributed by atoms with Gasteiger partial charge in [-0.1, -0.05) is 11.8 Å². The molecule has 6 heteroatoms. The van der Waals surface area contributed by atoms with Crippen molar-refractivity contribution in [3.05, 3.63) is 10.7 Å². The van der Waals surface area contributed by atoms with Gasteiger partial charge in [-0.15, -0.1) is 0 Å². The Morgan fingerprint density at radius 2 is 2.47 bits per heavy atom. The van der Waals surface area contributed by atoms with Crippen LogP contribution in [0, 0.1) is 0 Å². The number of ether oxygens (including phenoxy) is 1. The first-order valence-corrected chi connectivity index (χ1v) is 7.42. The van der Waals surface area contributed by atoms with Gasteiger partial charge < -0.3 is 10.1 Å². The van der Waals surface area contributed by atoms with E-state index in [1.165, 1.54) is 0 Å². The normalized spacial score (nSPS) is 23.9. The number of nitrogens with zero attached hydrogens (tertiary/aromatic N) is 2. The van der Waals surface area contributed by atoms with Crippen LogP contribution in [0.3, 0.4) is 0 Å². The van der Waals surface area contributed by atoms with E-state index in [4.69, 9.17) is 4.74 Å². The second-order valence-electron chi connectivity index (χ2n) is 3.90. The fraction of sp³-hybridized carbons (Fsp3) is 0.636. The van der Waals surface area contributed by atoms with E-state index in [0.717, 1.165) is 29.1 Å². The van der Waals surface area contributed by atoms with Gasteiger partial charge in [0.1, 0.15) is 5.03 Å². The van der Waals surface area contributed by atoms with Gasteiger partial charge in [-0.25, -0.2) is 9.97 Å². The molecule has 1 aromatic heterocycles. The zero-order valence-electron chi connectivity index (χ0n) is 9.94. The van der Waals surface area contributed by atoms with E-state index < -0.39 is 0 Å². The Morgan fingerprint density at radius 1 is 1.65 bits per heavy atom. The number of rotatable bonds is 4. The van der Waals surface area contributed by atoms with Gasteiger partial charge in [0.2, 0.25) is 5.95 Å². The van der Waals surface area contributed by atoms with Gasteiger partial charge >= 0.3 is 0 Å². The molecule has 94 valence electrons. The van der Waals surface area contributed by atoms with E-state index in [1.807, 2.05) is 6.92 Å². The number of halogens is 1. The van der Waals surface area contributed by atoms with Gasteiger partial charge in [0.25, 0.3) is 0 Å². The Balaban J connectivity index is 2.10. The van der Waals surface area contributed by atoms with Crippen LogP contribution in [0.1, 0.15) is 20.3 Å². The van der Waals surface area contributed by atoms with Crippen LogP contribution in [0.4, 0.5) is 5.95 Å². The molecule has 1 aliphatic heterocycles. The highest BCUT2D eigenvalue weighted by Crippen LogP contribution is 2.35. The van der Waals surface area contributed by atoms with Gasteiger partial charge in [-0.05, 0) is 36.2 Å². The standard InChI is InChI=1S/C11H16BrN3OS/c1-3-13-11-14-6-8(12)10(15-11)17-9-4-5-16-7(9)2/h6-7,9H,3-5H2,1-2H3,(H,13,14,15). The van der Waals surface area contributed by atoms with E-state index in [1.54, 1.807) is 18.0 Å². The minimum atomic E-state index is 0.296. The van der Waals surface area contributed by atoms with Crippen LogP contribution in [0.25, 0.3) is 0 Å². The third-order valence-electron chi connectivity index (χ3n) is 2.62. The maximum Gasteiger partial charge on any atom is 0.223 e. The monoisotopic (exact) mass is 317 g/mol. The Labute approximate surface area is 114 Å². The molecule has 1 aliphatic rings. The second kappa shape index (κ2) is 6.02. The summed E-state index contributed by atoms with van der Waals surface area (Å²) >= 11 is 5.26. The molecular formula is C11H16BrN3OS. The average Bonchev–Trinajstić information content (AvgIpc) is 2.70. The Kier molecular flexibility index (Phi) is 4.64. The summed E-state index contributed by atoms with van der Waals surface area (Å²) in [6, 6.07) is 0. The molecule has 0 bridgehead atoms. The van der Waals surface area contributed by atoms with Crippen LogP contribution in [0.5, 0.6) is 0 Å². The number of thioether (sulfide) groups is 1. The molecule has 0 aliphatic carbocycles. The molecule has 1 aromatic rings. The summed E-state index contributed by atoms with van der Waals surface area (Å²) in [6.07, 6.45) is 3.18. The number of hydrogen-bond acceptors (Lipinski definition) is 5. The van der Waals surface area contributed by atoms with Crippen molar-refractivity contribution in [3.63, 3.8) is 0 Å². The summed E-state index contributed by atoms with van der Waals surface area (Å²) in [7, 11) is 0. The lowest BCUT2D eigenvalue weighted by Crippen LogP contribution is -2.14. The van der Waals surface area contributed by atoms with Gasteiger partial charge in [0.05, 0.1) is 10.6 Å². The molecule has 0 radical (unpaired) electrons. The Hall–Kier alpha value is -0.330. The lowest BCUT2D eigenvalue weighted by atomic mass is 10.3. The van der Waals surface area contributed by atoms with E-state index in [-0.39, 0.29) is 0 Å². The first kappa shape index (κ1) is 13.1. The van der Waals surface area contributed by atoms with Gasteiger partial charge in [0.15, 0.2) is 0 Å². The molecular weight excluding hydrogens is 302 g/mol. The van der Waals surface area contributed by atoms with Crippen molar-refractivity contribution in [1.82, 2.24) is 9.97 Å². The Bertz CT molecular complexity index is 391. The third-order valence-corrected chi connectivity index (χ3v) is 4.92. The molecule has 2 heterocycles. The summed E-state index contributed by atoms with van der Waals surface area (Å²) in [6.45, 7) is 5.83. The molecule has 0 amide bonds. The molecule has 2 unspecified atom stereocenters. The highest BCUT2D eigenvalue weighted by atomic mass is 79.9. The average molecular weight is 318 g/mol. The number of aromatic nitrogens is 2. The number of anilines is 1. The van der Waals surface area contributed by atoms with E-state index >= 15 is 0 Å². The lowest BCUT2D eigenvalue weighted by molar-refractivity contribution is 0.127. The van der Waals surface area contributed by atoms with Crippen molar-refractivity contribution in [3.8, 4) is 0 Å². The van der Waals surface area contributed by atoms with Gasteiger partial charge in [-0.2, -0.15) is 0 Å². The van der Waals surface area contributed by atoms with Crippen LogP contribution >= 0.6 is 27.7 Å². The van der Waals surface area contributed by atoms with Crippen molar-refractivity contribution in [2.45, 2.75) is 36.6 Å². The predicted molar refractivity (Wildman–Crippen MR) is 73.6 cm³/mol. The van der Waals surface area contributed by atoms with E-state index in [0.29, 0.717) is 17.3 Å². The molecule has 17 heavy (non-hydrogen) atoms. The van der Waals surface area contributed by atoms with Crippen molar-refractivity contribution in [1.29, 1.82) is 0 Å². The topological polar surface area (TPSA) is 47.0 Å². The van der Waals surface area contributed by atoms with Crippen LogP contribution < -0.4 is 5.32 Å². The second-order valence-corrected chi connectivity index (χ2v) is 5.98. The molecule has 1 saturated heterocycles. The largest absolute Gasteiger partial charge is 0.377 e. The SMILES string of the molecule is CCNc1ncc(Br)c(SC2CCOC2C)n1. The maximum absolute atomic E-state index is 5.56. The molecule has 1 fully saturated rings. The van der Waals surface area contributed by atoms with Crippen LogP contribution in [-0.4, -0.2) is 34.5 Å². The maximum atomic E-state index is 5.56. The fourth-order valence-electron chi connectivity index (χ4n) is 1.69. The molecule has 2 atom stereocenters. The predicted octanol–water partition coefficient (Wildman–Crippen LogP) is 2.94. The zero-order chi connectivity index (χ0) is 12.3. The summed E-state index contributed by atoms with van der Waals surface area (Å²) in [5.74, 6) is 0.685.